The molecule has 0 unspecified atom stereocenters. The molecule has 8 heteroatoms. The second kappa shape index (κ2) is 7.44. The van der Waals surface area contributed by atoms with Gasteiger partial charge in [-0.15, -0.1) is 0 Å². The predicted molar refractivity (Wildman–Crippen MR) is 87.7 cm³/mol. The van der Waals surface area contributed by atoms with Crippen LogP contribution in [-0.4, -0.2) is 40.1 Å². The van der Waals surface area contributed by atoms with Gasteiger partial charge in [-0.1, -0.05) is 11.6 Å². The minimum Gasteiger partial charge on any atom is -0.460 e. The number of piperidine rings is 1. The van der Waals surface area contributed by atoms with Crippen LogP contribution < -0.4 is 10.1 Å². The van der Waals surface area contributed by atoms with Crippen molar-refractivity contribution in [1.29, 1.82) is 0 Å². The van der Waals surface area contributed by atoms with Gasteiger partial charge in [-0.25, -0.2) is 19.2 Å². The van der Waals surface area contributed by atoms with Crippen molar-refractivity contribution in [2.75, 3.05) is 18.4 Å². The van der Waals surface area contributed by atoms with E-state index in [4.69, 9.17) is 16.3 Å². The number of urea groups is 1. The highest BCUT2D eigenvalue weighted by Crippen LogP contribution is 2.18. The Bertz CT molecular complexity index is 688. The first-order valence-corrected chi connectivity index (χ1v) is 7.93. The number of carbonyl (C=O) groups is 1. The number of halogens is 2. The number of anilines is 1. The van der Waals surface area contributed by atoms with E-state index in [2.05, 4.69) is 15.3 Å². The molecule has 3 rings (SSSR count). The molecular formula is C16H16ClFN4O2. The second-order valence-corrected chi connectivity index (χ2v) is 5.86. The van der Waals surface area contributed by atoms with Gasteiger partial charge in [0.15, 0.2) is 5.82 Å². The van der Waals surface area contributed by atoms with Gasteiger partial charge < -0.3 is 15.0 Å². The van der Waals surface area contributed by atoms with Crippen molar-refractivity contribution in [3.8, 4) is 6.01 Å². The number of hydrogen-bond donors (Lipinski definition) is 1. The molecule has 1 fully saturated rings. The van der Waals surface area contributed by atoms with E-state index in [0.717, 1.165) is 12.4 Å². The van der Waals surface area contributed by atoms with Crippen molar-refractivity contribution in [3.63, 3.8) is 0 Å². The van der Waals surface area contributed by atoms with Gasteiger partial charge in [0, 0.05) is 36.6 Å². The fraction of sp³-hybridized carbons (Fsp3) is 0.312. The summed E-state index contributed by atoms with van der Waals surface area (Å²) in [5.41, 5.74) is 0.697. The molecule has 0 spiro atoms. The smallest absolute Gasteiger partial charge is 0.321 e. The van der Waals surface area contributed by atoms with Crippen molar-refractivity contribution in [1.82, 2.24) is 14.9 Å². The van der Waals surface area contributed by atoms with Crippen LogP contribution in [0.25, 0.3) is 0 Å². The van der Waals surface area contributed by atoms with Crippen molar-refractivity contribution in [3.05, 3.63) is 47.5 Å². The number of nitrogens with one attached hydrogen (secondary N) is 1. The summed E-state index contributed by atoms with van der Waals surface area (Å²) in [7, 11) is 0. The van der Waals surface area contributed by atoms with E-state index in [-0.39, 0.29) is 18.1 Å². The molecule has 2 amide bonds. The molecule has 1 aliphatic heterocycles. The number of amides is 2. The molecule has 6 nitrogen and oxygen atoms in total. The molecule has 0 radical (unpaired) electrons. The maximum absolute atomic E-state index is 12.8. The summed E-state index contributed by atoms with van der Waals surface area (Å²) in [4.78, 5) is 21.5. The molecule has 2 aromatic rings. The van der Waals surface area contributed by atoms with Gasteiger partial charge in [-0.05, 0) is 24.3 Å². The number of rotatable bonds is 3. The number of ether oxygens (including phenoxy) is 1. The maximum Gasteiger partial charge on any atom is 0.321 e. The van der Waals surface area contributed by atoms with Gasteiger partial charge in [0.1, 0.15) is 6.10 Å². The topological polar surface area (TPSA) is 67.4 Å². The van der Waals surface area contributed by atoms with Crippen LogP contribution in [0.5, 0.6) is 6.01 Å². The Balaban J connectivity index is 1.48. The normalized spacial score (nSPS) is 15.2. The average Bonchev–Trinajstić information content (AvgIpc) is 2.59. The van der Waals surface area contributed by atoms with E-state index in [1.54, 1.807) is 29.2 Å². The Labute approximate surface area is 143 Å². The van der Waals surface area contributed by atoms with Gasteiger partial charge in [0.05, 0.1) is 12.4 Å². The summed E-state index contributed by atoms with van der Waals surface area (Å²) < 4.78 is 18.4. The Morgan fingerprint density at radius 1 is 1.21 bits per heavy atom. The minimum atomic E-state index is -0.504. The third kappa shape index (κ3) is 4.32. The summed E-state index contributed by atoms with van der Waals surface area (Å²) in [6, 6.07) is 6.94. The van der Waals surface area contributed by atoms with Crippen LogP contribution in [-0.2, 0) is 0 Å². The van der Waals surface area contributed by atoms with Gasteiger partial charge in [-0.3, -0.25) is 0 Å². The lowest BCUT2D eigenvalue weighted by molar-refractivity contribution is 0.107. The number of likely N-dealkylation sites (tertiary alicyclic amines) is 1. The lowest BCUT2D eigenvalue weighted by Gasteiger charge is -2.31. The van der Waals surface area contributed by atoms with E-state index in [9.17, 15) is 9.18 Å². The quantitative estimate of drug-likeness (QED) is 0.921. The summed E-state index contributed by atoms with van der Waals surface area (Å²) in [5, 5.41) is 3.45. The van der Waals surface area contributed by atoms with Crippen molar-refractivity contribution < 1.29 is 13.9 Å². The van der Waals surface area contributed by atoms with Crippen LogP contribution in [0.1, 0.15) is 12.8 Å². The Morgan fingerprint density at radius 3 is 2.46 bits per heavy atom. The van der Waals surface area contributed by atoms with E-state index >= 15 is 0 Å². The molecule has 24 heavy (non-hydrogen) atoms. The molecule has 1 saturated heterocycles. The largest absolute Gasteiger partial charge is 0.460 e. The number of benzene rings is 1. The average molecular weight is 351 g/mol. The van der Waals surface area contributed by atoms with Gasteiger partial charge in [0.25, 0.3) is 0 Å². The summed E-state index contributed by atoms with van der Waals surface area (Å²) in [5.74, 6) is -0.504. The molecule has 1 aromatic heterocycles. The fourth-order valence-electron chi connectivity index (χ4n) is 2.42. The number of hydrogen-bond acceptors (Lipinski definition) is 4. The molecule has 0 bridgehead atoms. The van der Waals surface area contributed by atoms with Gasteiger partial charge in [0.2, 0.25) is 0 Å². The van der Waals surface area contributed by atoms with Crippen LogP contribution >= 0.6 is 11.6 Å². The van der Waals surface area contributed by atoms with E-state index < -0.39 is 5.82 Å². The highest BCUT2D eigenvalue weighted by molar-refractivity contribution is 6.30. The SMILES string of the molecule is O=C(Nc1ccc(Cl)cc1)N1CCC(Oc2ncc(F)cn2)CC1. The van der Waals surface area contributed by atoms with Crippen LogP contribution in [0.4, 0.5) is 14.9 Å². The Kier molecular flexibility index (Phi) is 5.10. The summed E-state index contributed by atoms with van der Waals surface area (Å²) >= 11 is 5.82. The first-order chi connectivity index (χ1) is 11.6. The highest BCUT2D eigenvalue weighted by atomic mass is 35.5. The predicted octanol–water partition coefficient (Wildman–Crippen LogP) is 3.34. The molecule has 1 N–H and O–H groups in total. The monoisotopic (exact) mass is 350 g/mol. The molecule has 126 valence electrons. The lowest BCUT2D eigenvalue weighted by atomic mass is 10.1. The zero-order chi connectivity index (χ0) is 16.9. The first kappa shape index (κ1) is 16.4. The zero-order valence-corrected chi connectivity index (χ0v) is 13.5. The molecule has 2 heterocycles. The van der Waals surface area contributed by atoms with E-state index in [0.29, 0.717) is 36.6 Å². The van der Waals surface area contributed by atoms with Crippen LogP contribution in [0.3, 0.4) is 0 Å². The number of nitrogens with zero attached hydrogens (tertiary/aromatic N) is 3. The molecule has 1 aliphatic rings. The van der Waals surface area contributed by atoms with Crippen LogP contribution in [0.2, 0.25) is 5.02 Å². The Morgan fingerprint density at radius 2 is 1.83 bits per heavy atom. The Hall–Kier alpha value is -2.41. The molecular weight excluding hydrogens is 335 g/mol. The summed E-state index contributed by atoms with van der Waals surface area (Å²) in [6.45, 7) is 1.12. The summed E-state index contributed by atoms with van der Waals surface area (Å²) in [6.07, 6.45) is 3.37. The van der Waals surface area contributed by atoms with Crippen LogP contribution in [0, 0.1) is 5.82 Å². The zero-order valence-electron chi connectivity index (χ0n) is 12.8. The first-order valence-electron chi connectivity index (χ1n) is 7.56. The third-order valence-electron chi connectivity index (χ3n) is 3.69. The van der Waals surface area contributed by atoms with E-state index in [1.807, 2.05) is 0 Å². The third-order valence-corrected chi connectivity index (χ3v) is 3.95. The number of carbonyl (C=O) groups excluding carboxylic acids is 1. The minimum absolute atomic E-state index is 0.0879. The molecule has 0 saturated carbocycles. The highest BCUT2D eigenvalue weighted by Gasteiger charge is 2.24. The molecule has 1 aromatic carbocycles. The van der Waals surface area contributed by atoms with Gasteiger partial charge in [-0.2, -0.15) is 0 Å². The van der Waals surface area contributed by atoms with Crippen molar-refractivity contribution >= 4 is 23.3 Å². The number of aromatic nitrogens is 2. The van der Waals surface area contributed by atoms with Gasteiger partial charge >= 0.3 is 12.0 Å². The van der Waals surface area contributed by atoms with E-state index in [1.165, 1.54) is 0 Å². The lowest BCUT2D eigenvalue weighted by Crippen LogP contribution is -2.43. The fourth-order valence-corrected chi connectivity index (χ4v) is 2.55. The van der Waals surface area contributed by atoms with Crippen molar-refractivity contribution in [2.45, 2.75) is 18.9 Å². The second-order valence-electron chi connectivity index (χ2n) is 5.43. The van der Waals surface area contributed by atoms with Crippen molar-refractivity contribution in [2.24, 2.45) is 0 Å². The maximum atomic E-state index is 12.8. The molecule has 0 atom stereocenters. The molecule has 0 aliphatic carbocycles. The van der Waals surface area contributed by atoms with Crippen LogP contribution in [0.15, 0.2) is 36.7 Å². The standard InChI is InChI=1S/C16H16ClFN4O2/c17-11-1-3-13(4-2-11)21-16(23)22-7-5-14(6-8-22)24-15-19-9-12(18)10-20-15/h1-4,9-10,14H,5-8H2,(H,21,23).